The second kappa shape index (κ2) is 4.52. The summed E-state index contributed by atoms with van der Waals surface area (Å²) in [6.07, 6.45) is 4.23. The van der Waals surface area contributed by atoms with Gasteiger partial charge >= 0.3 is 0 Å². The predicted molar refractivity (Wildman–Crippen MR) is 82.0 cm³/mol. The Kier molecular flexibility index (Phi) is 2.67. The molecule has 0 unspecified atom stereocenters. The van der Waals surface area contributed by atoms with Gasteiger partial charge in [-0.25, -0.2) is 9.97 Å². The SMILES string of the molecule is Cc1cc2c(NC3CC3)nc(-c3ccccn3)nc2s1. The van der Waals surface area contributed by atoms with Gasteiger partial charge in [-0.15, -0.1) is 11.3 Å². The van der Waals surface area contributed by atoms with Crippen molar-refractivity contribution in [1.82, 2.24) is 15.0 Å². The predicted octanol–water partition coefficient (Wildman–Crippen LogP) is 3.64. The standard InChI is InChI=1S/C15H14N4S/c1-9-8-11-13(17-10-5-6-10)18-14(19-15(11)20-9)12-4-2-3-7-16-12/h2-4,7-8,10H,5-6H2,1H3,(H,17,18,19). The molecule has 4 rings (SSSR count). The van der Waals surface area contributed by atoms with Gasteiger partial charge in [-0.1, -0.05) is 6.07 Å². The van der Waals surface area contributed by atoms with Crippen molar-refractivity contribution in [1.29, 1.82) is 0 Å². The molecule has 1 aliphatic rings. The molecule has 3 aromatic heterocycles. The second-order valence-electron chi connectivity index (χ2n) is 5.11. The van der Waals surface area contributed by atoms with Crippen LogP contribution >= 0.6 is 11.3 Å². The highest BCUT2D eigenvalue weighted by Gasteiger charge is 2.23. The van der Waals surface area contributed by atoms with Crippen molar-refractivity contribution in [3.05, 3.63) is 35.3 Å². The molecule has 0 saturated heterocycles. The topological polar surface area (TPSA) is 50.7 Å². The normalized spacial score (nSPS) is 14.7. The Balaban J connectivity index is 1.89. The maximum absolute atomic E-state index is 4.69. The molecule has 3 heterocycles. The quantitative estimate of drug-likeness (QED) is 0.797. The maximum Gasteiger partial charge on any atom is 0.181 e. The van der Waals surface area contributed by atoms with Crippen molar-refractivity contribution in [2.75, 3.05) is 5.32 Å². The highest BCUT2D eigenvalue weighted by Crippen LogP contribution is 2.33. The van der Waals surface area contributed by atoms with Gasteiger partial charge in [-0.3, -0.25) is 4.98 Å². The van der Waals surface area contributed by atoms with Crippen molar-refractivity contribution in [2.45, 2.75) is 25.8 Å². The van der Waals surface area contributed by atoms with E-state index in [0.29, 0.717) is 11.9 Å². The lowest BCUT2D eigenvalue weighted by atomic mass is 10.3. The summed E-state index contributed by atoms with van der Waals surface area (Å²) in [4.78, 5) is 16.0. The Hall–Kier alpha value is -2.01. The Labute approximate surface area is 120 Å². The van der Waals surface area contributed by atoms with E-state index in [9.17, 15) is 0 Å². The molecular weight excluding hydrogens is 268 g/mol. The maximum atomic E-state index is 4.69. The molecular formula is C15H14N4S. The minimum atomic E-state index is 0.574. The number of fused-ring (bicyclic) bond motifs is 1. The monoisotopic (exact) mass is 282 g/mol. The van der Waals surface area contributed by atoms with E-state index in [2.05, 4.69) is 33.3 Å². The van der Waals surface area contributed by atoms with E-state index in [0.717, 1.165) is 21.7 Å². The summed E-state index contributed by atoms with van der Waals surface area (Å²) >= 11 is 1.70. The van der Waals surface area contributed by atoms with E-state index in [1.165, 1.54) is 17.7 Å². The number of hydrogen-bond acceptors (Lipinski definition) is 5. The summed E-state index contributed by atoms with van der Waals surface area (Å²) in [6, 6.07) is 8.55. The van der Waals surface area contributed by atoms with Crippen LogP contribution in [-0.2, 0) is 0 Å². The van der Waals surface area contributed by atoms with E-state index < -0.39 is 0 Å². The summed E-state index contributed by atoms with van der Waals surface area (Å²) in [5, 5.41) is 4.63. The third-order valence-corrected chi connectivity index (χ3v) is 4.27. The lowest BCUT2D eigenvalue weighted by molar-refractivity contribution is 1.10. The first-order valence-corrected chi connectivity index (χ1v) is 7.57. The highest BCUT2D eigenvalue weighted by atomic mass is 32.1. The number of aromatic nitrogens is 3. The van der Waals surface area contributed by atoms with Crippen molar-refractivity contribution in [2.24, 2.45) is 0 Å². The van der Waals surface area contributed by atoms with Crippen LogP contribution in [0, 0.1) is 6.92 Å². The molecule has 0 aliphatic heterocycles. The smallest absolute Gasteiger partial charge is 0.181 e. The van der Waals surface area contributed by atoms with Crippen LogP contribution in [-0.4, -0.2) is 21.0 Å². The van der Waals surface area contributed by atoms with Crippen LogP contribution in [0.2, 0.25) is 0 Å². The molecule has 4 nitrogen and oxygen atoms in total. The van der Waals surface area contributed by atoms with E-state index in [1.54, 1.807) is 17.5 Å². The van der Waals surface area contributed by atoms with E-state index in [1.807, 2.05) is 18.2 Å². The number of pyridine rings is 1. The third kappa shape index (κ3) is 2.14. The Morgan fingerprint density at radius 1 is 1.25 bits per heavy atom. The zero-order valence-electron chi connectivity index (χ0n) is 11.1. The molecule has 0 bridgehead atoms. The van der Waals surface area contributed by atoms with Crippen LogP contribution in [0.25, 0.3) is 21.7 Å². The van der Waals surface area contributed by atoms with Crippen molar-refractivity contribution in [3.8, 4) is 11.5 Å². The van der Waals surface area contributed by atoms with Gasteiger partial charge < -0.3 is 5.32 Å². The largest absolute Gasteiger partial charge is 0.367 e. The van der Waals surface area contributed by atoms with Crippen LogP contribution in [0.3, 0.4) is 0 Å². The van der Waals surface area contributed by atoms with Gasteiger partial charge in [0.05, 0.1) is 5.39 Å². The van der Waals surface area contributed by atoms with Gasteiger partial charge in [0.15, 0.2) is 5.82 Å². The Morgan fingerprint density at radius 3 is 2.90 bits per heavy atom. The van der Waals surface area contributed by atoms with Gasteiger partial charge in [-0.2, -0.15) is 0 Å². The molecule has 100 valence electrons. The number of rotatable bonds is 3. The number of hydrogen-bond donors (Lipinski definition) is 1. The fourth-order valence-corrected chi connectivity index (χ4v) is 3.06. The molecule has 1 saturated carbocycles. The minimum Gasteiger partial charge on any atom is -0.367 e. The molecule has 5 heteroatoms. The fourth-order valence-electron chi connectivity index (χ4n) is 2.18. The average molecular weight is 282 g/mol. The molecule has 0 aromatic carbocycles. The zero-order chi connectivity index (χ0) is 13.5. The van der Waals surface area contributed by atoms with Gasteiger partial charge in [0, 0.05) is 17.1 Å². The average Bonchev–Trinajstić information content (AvgIpc) is 3.19. The first-order valence-electron chi connectivity index (χ1n) is 6.76. The summed E-state index contributed by atoms with van der Waals surface area (Å²) in [6.45, 7) is 2.10. The Bertz CT molecular complexity index is 762. The van der Waals surface area contributed by atoms with Gasteiger partial charge in [0.2, 0.25) is 0 Å². The number of aryl methyl sites for hydroxylation is 1. The highest BCUT2D eigenvalue weighted by molar-refractivity contribution is 7.18. The van der Waals surface area contributed by atoms with E-state index >= 15 is 0 Å². The van der Waals surface area contributed by atoms with Crippen LogP contribution in [0.1, 0.15) is 17.7 Å². The van der Waals surface area contributed by atoms with Crippen LogP contribution in [0.5, 0.6) is 0 Å². The fraction of sp³-hybridized carbons (Fsp3) is 0.267. The molecule has 0 spiro atoms. The molecule has 20 heavy (non-hydrogen) atoms. The Morgan fingerprint density at radius 2 is 2.15 bits per heavy atom. The molecule has 1 aliphatic carbocycles. The van der Waals surface area contributed by atoms with Crippen LogP contribution in [0.4, 0.5) is 5.82 Å². The van der Waals surface area contributed by atoms with Crippen LogP contribution < -0.4 is 5.32 Å². The zero-order valence-corrected chi connectivity index (χ0v) is 11.9. The van der Waals surface area contributed by atoms with Gasteiger partial charge in [-0.05, 0) is 38.0 Å². The first kappa shape index (κ1) is 11.8. The van der Waals surface area contributed by atoms with Gasteiger partial charge in [0.25, 0.3) is 0 Å². The molecule has 0 radical (unpaired) electrons. The number of nitrogens with one attached hydrogen (secondary N) is 1. The number of thiophene rings is 1. The van der Waals surface area contributed by atoms with E-state index in [4.69, 9.17) is 0 Å². The van der Waals surface area contributed by atoms with E-state index in [-0.39, 0.29) is 0 Å². The summed E-state index contributed by atoms with van der Waals surface area (Å²) in [7, 11) is 0. The molecule has 0 amide bonds. The molecule has 1 fully saturated rings. The first-order chi connectivity index (χ1) is 9.79. The van der Waals surface area contributed by atoms with Crippen molar-refractivity contribution in [3.63, 3.8) is 0 Å². The summed E-state index contributed by atoms with van der Waals surface area (Å²) in [5.74, 6) is 1.64. The minimum absolute atomic E-state index is 0.574. The molecule has 0 atom stereocenters. The summed E-state index contributed by atoms with van der Waals surface area (Å²) < 4.78 is 0. The lowest BCUT2D eigenvalue weighted by Gasteiger charge is -2.07. The second-order valence-corrected chi connectivity index (χ2v) is 6.34. The van der Waals surface area contributed by atoms with Gasteiger partial charge in [0.1, 0.15) is 16.3 Å². The summed E-state index contributed by atoms with van der Waals surface area (Å²) in [5.41, 5.74) is 0.819. The third-order valence-electron chi connectivity index (χ3n) is 3.33. The van der Waals surface area contributed by atoms with Crippen molar-refractivity contribution < 1.29 is 0 Å². The number of nitrogens with zero attached hydrogens (tertiary/aromatic N) is 3. The molecule has 1 N–H and O–H groups in total. The van der Waals surface area contributed by atoms with Crippen LogP contribution in [0.15, 0.2) is 30.5 Å². The molecule has 3 aromatic rings. The lowest BCUT2D eigenvalue weighted by Crippen LogP contribution is -2.05. The number of anilines is 1. The van der Waals surface area contributed by atoms with Crippen molar-refractivity contribution >= 4 is 27.4 Å².